The highest BCUT2D eigenvalue weighted by Crippen LogP contribution is 2.12. The predicted octanol–water partition coefficient (Wildman–Crippen LogP) is 1.88. The molecular weight excluding hydrogens is 194 g/mol. The van der Waals surface area contributed by atoms with E-state index in [2.05, 4.69) is 6.07 Å². The van der Waals surface area contributed by atoms with Gasteiger partial charge in [0.1, 0.15) is 0 Å². The molecular formula is C10H11N3S. The summed E-state index contributed by atoms with van der Waals surface area (Å²) >= 11 is 1.30. The quantitative estimate of drug-likeness (QED) is 0.584. The first-order valence-corrected chi connectivity index (χ1v) is 5.12. The van der Waals surface area contributed by atoms with E-state index in [-0.39, 0.29) is 5.17 Å². The van der Waals surface area contributed by atoms with Gasteiger partial charge >= 0.3 is 0 Å². The Morgan fingerprint density at radius 2 is 1.93 bits per heavy atom. The lowest BCUT2D eigenvalue weighted by Gasteiger charge is -2.00. The van der Waals surface area contributed by atoms with Crippen LogP contribution in [0.1, 0.15) is 11.1 Å². The van der Waals surface area contributed by atoms with Crippen molar-refractivity contribution in [1.29, 1.82) is 10.7 Å². The summed E-state index contributed by atoms with van der Waals surface area (Å²) in [4.78, 5) is 0. The molecule has 0 saturated heterocycles. The van der Waals surface area contributed by atoms with Gasteiger partial charge in [-0.2, -0.15) is 5.26 Å². The third-order valence-corrected chi connectivity index (χ3v) is 2.49. The molecule has 0 aliphatic carbocycles. The van der Waals surface area contributed by atoms with Crippen molar-refractivity contribution in [3.63, 3.8) is 0 Å². The first kappa shape index (κ1) is 10.6. The predicted molar refractivity (Wildman–Crippen MR) is 59.0 cm³/mol. The minimum Gasteiger partial charge on any atom is -0.379 e. The van der Waals surface area contributed by atoms with Crippen LogP contribution in [0.4, 0.5) is 0 Å². The molecule has 72 valence electrons. The van der Waals surface area contributed by atoms with Gasteiger partial charge in [0.25, 0.3) is 0 Å². The second-order valence-corrected chi connectivity index (χ2v) is 3.82. The fraction of sp³-hybridized carbons (Fsp3) is 0.200. The second kappa shape index (κ2) is 5.30. The molecule has 4 heteroatoms. The molecule has 0 aliphatic heterocycles. The van der Waals surface area contributed by atoms with Gasteiger partial charge in [-0.05, 0) is 11.1 Å². The monoisotopic (exact) mass is 205 g/mol. The lowest BCUT2D eigenvalue weighted by molar-refractivity contribution is 1.25. The van der Waals surface area contributed by atoms with E-state index in [9.17, 15) is 0 Å². The van der Waals surface area contributed by atoms with Crippen molar-refractivity contribution in [2.45, 2.75) is 12.2 Å². The standard InChI is InChI=1S/C10H11N3S/c11-6-5-8-1-3-9(4-2-8)7-14-10(12)13/h1-4H,5,7H2,(H3,12,13). The van der Waals surface area contributed by atoms with Crippen molar-refractivity contribution in [3.8, 4) is 6.07 Å². The van der Waals surface area contributed by atoms with Gasteiger partial charge in [-0.3, -0.25) is 5.41 Å². The number of nitrogens with zero attached hydrogens (tertiary/aromatic N) is 1. The van der Waals surface area contributed by atoms with Crippen molar-refractivity contribution in [1.82, 2.24) is 0 Å². The van der Waals surface area contributed by atoms with Crippen molar-refractivity contribution in [2.24, 2.45) is 5.73 Å². The zero-order valence-electron chi connectivity index (χ0n) is 7.66. The second-order valence-electron chi connectivity index (χ2n) is 2.80. The molecule has 0 unspecified atom stereocenters. The molecule has 0 fully saturated rings. The normalized spacial score (nSPS) is 9.36. The zero-order chi connectivity index (χ0) is 10.4. The lowest BCUT2D eigenvalue weighted by atomic mass is 10.1. The van der Waals surface area contributed by atoms with E-state index in [0.29, 0.717) is 12.2 Å². The summed E-state index contributed by atoms with van der Waals surface area (Å²) < 4.78 is 0. The van der Waals surface area contributed by atoms with E-state index in [1.54, 1.807) is 0 Å². The number of benzene rings is 1. The molecule has 14 heavy (non-hydrogen) atoms. The molecule has 1 aromatic rings. The highest BCUT2D eigenvalue weighted by atomic mass is 32.2. The summed E-state index contributed by atoms with van der Waals surface area (Å²) in [6.45, 7) is 0. The largest absolute Gasteiger partial charge is 0.379 e. The number of thioether (sulfide) groups is 1. The molecule has 0 heterocycles. The highest BCUT2D eigenvalue weighted by molar-refractivity contribution is 8.13. The molecule has 0 saturated carbocycles. The van der Waals surface area contributed by atoms with E-state index in [1.807, 2.05) is 24.3 Å². The number of nitrogens with two attached hydrogens (primary N) is 1. The van der Waals surface area contributed by atoms with E-state index in [4.69, 9.17) is 16.4 Å². The Morgan fingerprint density at radius 3 is 2.43 bits per heavy atom. The maximum Gasteiger partial charge on any atom is 0.151 e. The Bertz CT molecular complexity index is 351. The van der Waals surface area contributed by atoms with Crippen molar-refractivity contribution < 1.29 is 0 Å². The smallest absolute Gasteiger partial charge is 0.151 e. The minimum atomic E-state index is 0.131. The van der Waals surface area contributed by atoms with Gasteiger partial charge in [-0.1, -0.05) is 36.0 Å². The fourth-order valence-corrected chi connectivity index (χ4v) is 1.52. The minimum absolute atomic E-state index is 0.131. The molecule has 0 bridgehead atoms. The van der Waals surface area contributed by atoms with E-state index in [0.717, 1.165) is 11.1 Å². The van der Waals surface area contributed by atoms with Crippen LogP contribution in [0.15, 0.2) is 24.3 Å². The number of nitrogens with one attached hydrogen (secondary N) is 1. The maximum atomic E-state index is 8.47. The number of amidine groups is 1. The Morgan fingerprint density at radius 1 is 1.36 bits per heavy atom. The molecule has 1 aromatic carbocycles. The first-order chi connectivity index (χ1) is 6.72. The van der Waals surface area contributed by atoms with Gasteiger partial charge < -0.3 is 5.73 Å². The van der Waals surface area contributed by atoms with Crippen LogP contribution in [-0.2, 0) is 12.2 Å². The third-order valence-electron chi connectivity index (χ3n) is 1.70. The Balaban J connectivity index is 2.56. The molecule has 0 amide bonds. The zero-order valence-corrected chi connectivity index (χ0v) is 8.47. The average Bonchev–Trinajstić information content (AvgIpc) is 2.17. The van der Waals surface area contributed by atoms with Crippen LogP contribution in [0, 0.1) is 16.7 Å². The molecule has 3 nitrogen and oxygen atoms in total. The first-order valence-electron chi connectivity index (χ1n) is 4.14. The van der Waals surface area contributed by atoms with Crippen LogP contribution >= 0.6 is 11.8 Å². The van der Waals surface area contributed by atoms with Crippen LogP contribution in [0.3, 0.4) is 0 Å². The maximum absolute atomic E-state index is 8.47. The summed E-state index contributed by atoms with van der Waals surface area (Å²) in [7, 11) is 0. The Labute approximate surface area is 87.4 Å². The van der Waals surface area contributed by atoms with E-state index in [1.165, 1.54) is 11.8 Å². The summed E-state index contributed by atoms with van der Waals surface area (Å²) in [6.07, 6.45) is 0.445. The number of rotatable bonds is 3. The molecule has 0 spiro atoms. The van der Waals surface area contributed by atoms with Crippen LogP contribution in [0.5, 0.6) is 0 Å². The van der Waals surface area contributed by atoms with Gasteiger partial charge in [0.2, 0.25) is 0 Å². The van der Waals surface area contributed by atoms with Crippen LogP contribution in [0.25, 0.3) is 0 Å². The number of hydrogen-bond acceptors (Lipinski definition) is 3. The molecule has 0 aromatic heterocycles. The molecule has 3 N–H and O–H groups in total. The van der Waals surface area contributed by atoms with Crippen molar-refractivity contribution >= 4 is 16.9 Å². The summed E-state index contributed by atoms with van der Waals surface area (Å²) in [5, 5.41) is 15.6. The Kier molecular flexibility index (Phi) is 4.02. The van der Waals surface area contributed by atoms with Crippen molar-refractivity contribution in [3.05, 3.63) is 35.4 Å². The molecule has 1 rings (SSSR count). The van der Waals surface area contributed by atoms with Gasteiger partial charge in [0.15, 0.2) is 5.17 Å². The molecule has 0 radical (unpaired) electrons. The summed E-state index contributed by atoms with van der Waals surface area (Å²) in [6, 6.07) is 9.88. The van der Waals surface area contributed by atoms with E-state index < -0.39 is 0 Å². The Hall–Kier alpha value is -1.47. The van der Waals surface area contributed by atoms with E-state index >= 15 is 0 Å². The number of hydrogen-bond donors (Lipinski definition) is 2. The SMILES string of the molecule is N#CCc1ccc(CSC(=N)N)cc1. The van der Waals surface area contributed by atoms with Crippen LogP contribution in [-0.4, -0.2) is 5.17 Å². The number of nitriles is 1. The lowest BCUT2D eigenvalue weighted by Crippen LogP contribution is -2.03. The van der Waals surface area contributed by atoms with Crippen molar-refractivity contribution in [2.75, 3.05) is 0 Å². The highest BCUT2D eigenvalue weighted by Gasteiger charge is 1.96. The van der Waals surface area contributed by atoms with Gasteiger partial charge in [0.05, 0.1) is 12.5 Å². The van der Waals surface area contributed by atoms with Crippen LogP contribution in [0.2, 0.25) is 0 Å². The van der Waals surface area contributed by atoms with Gasteiger partial charge in [-0.15, -0.1) is 0 Å². The molecule has 0 atom stereocenters. The third kappa shape index (κ3) is 3.50. The topological polar surface area (TPSA) is 73.7 Å². The fourth-order valence-electron chi connectivity index (χ4n) is 1.01. The van der Waals surface area contributed by atoms with Gasteiger partial charge in [-0.25, -0.2) is 0 Å². The molecule has 0 aliphatic rings. The summed E-state index contributed by atoms with van der Waals surface area (Å²) in [5.74, 6) is 0.710. The van der Waals surface area contributed by atoms with Gasteiger partial charge in [0, 0.05) is 5.75 Å². The van der Waals surface area contributed by atoms with Crippen LogP contribution < -0.4 is 5.73 Å². The average molecular weight is 205 g/mol. The summed E-state index contributed by atoms with van der Waals surface area (Å²) in [5.41, 5.74) is 7.36.